The van der Waals surface area contributed by atoms with Crippen LogP contribution in [0.15, 0.2) is 23.2 Å². The number of thioether (sulfide) groups is 1. The van der Waals surface area contributed by atoms with Crippen molar-refractivity contribution in [3.05, 3.63) is 33.3 Å². The van der Waals surface area contributed by atoms with E-state index in [1.165, 1.54) is 12.1 Å². The summed E-state index contributed by atoms with van der Waals surface area (Å²) in [6.45, 7) is 0. The number of rotatable bonds is 4. The molecule has 1 aromatic rings. The number of carbonyl (C=O) groups excluding carboxylic acids is 2. The van der Waals surface area contributed by atoms with E-state index in [0.717, 1.165) is 17.8 Å². The van der Waals surface area contributed by atoms with Crippen molar-refractivity contribution in [3.8, 4) is 0 Å². The predicted octanol–water partition coefficient (Wildman–Crippen LogP) is 1.53. The highest BCUT2D eigenvalue weighted by Crippen LogP contribution is 2.28. The monoisotopic (exact) mass is 328 g/mol. The second kappa shape index (κ2) is 6.10. The molecule has 0 aliphatic carbocycles. The van der Waals surface area contributed by atoms with Crippen molar-refractivity contribution in [1.29, 1.82) is 0 Å². The van der Waals surface area contributed by atoms with Gasteiger partial charge in [0.25, 0.3) is 11.6 Å². The van der Waals surface area contributed by atoms with Crippen LogP contribution >= 0.6 is 23.4 Å². The lowest BCUT2D eigenvalue weighted by atomic mass is 10.2. The Labute approximate surface area is 127 Å². The minimum atomic E-state index is -0.678. The van der Waals surface area contributed by atoms with Gasteiger partial charge in [0.2, 0.25) is 5.91 Å². The Morgan fingerprint density at radius 3 is 2.86 bits per heavy atom. The Kier molecular flexibility index (Phi) is 4.43. The van der Waals surface area contributed by atoms with Gasteiger partial charge in [-0.05, 0) is 6.07 Å². The third-order valence-corrected chi connectivity index (χ3v) is 3.88. The maximum absolute atomic E-state index is 11.9. The van der Waals surface area contributed by atoms with Gasteiger partial charge in [-0.2, -0.15) is 4.99 Å². The number of nitrogens with zero attached hydrogens (tertiary/aromatic N) is 2. The smallest absolute Gasteiger partial charge is 0.271 e. The Hall–Kier alpha value is -2.13. The fourth-order valence-electron chi connectivity index (χ4n) is 1.62. The first-order valence-electron chi connectivity index (χ1n) is 5.65. The number of nitrogens with two attached hydrogens (primary N) is 1. The zero-order valence-electron chi connectivity index (χ0n) is 10.4. The number of anilines is 1. The van der Waals surface area contributed by atoms with Gasteiger partial charge in [0.15, 0.2) is 5.17 Å². The average molecular weight is 329 g/mol. The summed E-state index contributed by atoms with van der Waals surface area (Å²) in [7, 11) is 0. The first kappa shape index (κ1) is 15.3. The molecule has 1 atom stereocenters. The molecule has 0 spiro atoms. The number of amides is 2. The molecule has 110 valence electrons. The highest BCUT2D eigenvalue weighted by Gasteiger charge is 2.29. The number of nitro benzene ring substituents is 1. The van der Waals surface area contributed by atoms with Gasteiger partial charge in [0, 0.05) is 18.6 Å². The van der Waals surface area contributed by atoms with E-state index in [9.17, 15) is 19.7 Å². The second-order valence-electron chi connectivity index (χ2n) is 4.07. The zero-order valence-corrected chi connectivity index (χ0v) is 12.0. The number of aliphatic imine (C=N–C) groups is 1. The van der Waals surface area contributed by atoms with Crippen LogP contribution in [-0.2, 0) is 9.59 Å². The largest absolute Gasteiger partial charge is 0.378 e. The van der Waals surface area contributed by atoms with Crippen LogP contribution in [0.25, 0.3) is 0 Å². The highest BCUT2D eigenvalue weighted by atomic mass is 35.5. The third kappa shape index (κ3) is 3.70. The quantitative estimate of drug-likeness (QED) is 0.637. The maximum Gasteiger partial charge on any atom is 0.271 e. The standard InChI is InChI=1S/C11H9ClN4O4S/c12-6-2-1-5(16(19)20)3-7(6)14-9(17)4-8-10(18)15-11(13)21-8/h1-3,8H,4H2,(H,14,17)(H2,13,15,18). The van der Waals surface area contributed by atoms with Crippen molar-refractivity contribution in [2.24, 2.45) is 10.7 Å². The lowest BCUT2D eigenvalue weighted by molar-refractivity contribution is -0.384. The Bertz CT molecular complexity index is 664. The summed E-state index contributed by atoms with van der Waals surface area (Å²) >= 11 is 6.86. The number of hydrogen-bond acceptors (Lipinski definition) is 6. The van der Waals surface area contributed by atoms with E-state index >= 15 is 0 Å². The Morgan fingerprint density at radius 1 is 1.57 bits per heavy atom. The number of carbonyl (C=O) groups is 2. The van der Waals surface area contributed by atoms with Gasteiger partial charge in [-0.1, -0.05) is 23.4 Å². The number of halogens is 1. The molecular formula is C11H9ClN4O4S. The topological polar surface area (TPSA) is 128 Å². The molecule has 0 aromatic heterocycles. The van der Waals surface area contributed by atoms with Gasteiger partial charge >= 0.3 is 0 Å². The van der Waals surface area contributed by atoms with E-state index in [-0.39, 0.29) is 28.0 Å². The third-order valence-electron chi connectivity index (χ3n) is 2.56. The molecule has 1 unspecified atom stereocenters. The van der Waals surface area contributed by atoms with Gasteiger partial charge in [-0.3, -0.25) is 19.7 Å². The molecule has 1 heterocycles. The number of nitrogens with one attached hydrogen (secondary N) is 1. The van der Waals surface area contributed by atoms with E-state index < -0.39 is 22.0 Å². The number of amidine groups is 1. The summed E-state index contributed by atoms with van der Waals surface area (Å²) in [6, 6.07) is 3.68. The summed E-state index contributed by atoms with van der Waals surface area (Å²) in [5.74, 6) is -0.981. The normalized spacial score (nSPS) is 17.5. The fraction of sp³-hybridized carbons (Fsp3) is 0.182. The zero-order chi connectivity index (χ0) is 15.6. The molecule has 2 amide bonds. The second-order valence-corrected chi connectivity index (χ2v) is 5.70. The van der Waals surface area contributed by atoms with E-state index in [2.05, 4.69) is 10.3 Å². The fourth-order valence-corrected chi connectivity index (χ4v) is 2.61. The Morgan fingerprint density at radius 2 is 2.29 bits per heavy atom. The number of nitro groups is 1. The molecular weight excluding hydrogens is 320 g/mol. The first-order chi connectivity index (χ1) is 9.86. The van der Waals surface area contributed by atoms with Gasteiger partial charge in [-0.15, -0.1) is 0 Å². The van der Waals surface area contributed by atoms with Gasteiger partial charge < -0.3 is 11.1 Å². The number of hydrogen-bond donors (Lipinski definition) is 2. The van der Waals surface area contributed by atoms with E-state index in [0.29, 0.717) is 0 Å². The van der Waals surface area contributed by atoms with Gasteiger partial charge in [-0.25, -0.2) is 0 Å². The number of non-ortho nitro benzene ring substituents is 1. The minimum Gasteiger partial charge on any atom is -0.378 e. The van der Waals surface area contributed by atoms with Crippen LogP contribution in [0.2, 0.25) is 5.02 Å². The predicted molar refractivity (Wildman–Crippen MR) is 79.4 cm³/mol. The lowest BCUT2D eigenvalue weighted by Gasteiger charge is -2.09. The van der Waals surface area contributed by atoms with E-state index in [1.54, 1.807) is 0 Å². The molecule has 0 bridgehead atoms. The highest BCUT2D eigenvalue weighted by molar-refractivity contribution is 8.15. The molecule has 0 saturated heterocycles. The maximum atomic E-state index is 11.9. The van der Waals surface area contributed by atoms with Crippen molar-refractivity contribution in [1.82, 2.24) is 0 Å². The summed E-state index contributed by atoms with van der Waals surface area (Å²) in [4.78, 5) is 36.8. The summed E-state index contributed by atoms with van der Waals surface area (Å²) in [6.07, 6.45) is -0.146. The summed E-state index contributed by atoms with van der Waals surface area (Å²) < 4.78 is 0. The molecule has 2 rings (SSSR count). The lowest BCUT2D eigenvalue weighted by Crippen LogP contribution is -2.21. The van der Waals surface area contributed by atoms with Crippen LogP contribution in [0.3, 0.4) is 0 Å². The van der Waals surface area contributed by atoms with E-state index in [4.69, 9.17) is 17.3 Å². The summed E-state index contributed by atoms with van der Waals surface area (Å²) in [5.41, 5.74) is 5.30. The first-order valence-corrected chi connectivity index (χ1v) is 6.91. The van der Waals surface area contributed by atoms with E-state index in [1.807, 2.05) is 0 Å². The molecule has 0 radical (unpaired) electrons. The van der Waals surface area contributed by atoms with Crippen LogP contribution in [0.5, 0.6) is 0 Å². The van der Waals surface area contributed by atoms with Crippen LogP contribution in [0, 0.1) is 10.1 Å². The molecule has 8 nitrogen and oxygen atoms in total. The van der Waals surface area contributed by atoms with Gasteiger partial charge in [0.1, 0.15) is 5.25 Å². The molecule has 1 aliphatic rings. The Balaban J connectivity index is 2.05. The van der Waals surface area contributed by atoms with Gasteiger partial charge in [0.05, 0.1) is 15.6 Å². The molecule has 0 fully saturated rings. The van der Waals surface area contributed by atoms with Crippen molar-refractivity contribution < 1.29 is 14.5 Å². The van der Waals surface area contributed by atoms with Crippen LogP contribution < -0.4 is 11.1 Å². The average Bonchev–Trinajstić information content (AvgIpc) is 2.70. The van der Waals surface area contributed by atoms with Crippen molar-refractivity contribution in [3.63, 3.8) is 0 Å². The van der Waals surface area contributed by atoms with Crippen LogP contribution in [-0.4, -0.2) is 27.2 Å². The number of benzene rings is 1. The van der Waals surface area contributed by atoms with Crippen molar-refractivity contribution >= 4 is 51.7 Å². The van der Waals surface area contributed by atoms with Crippen molar-refractivity contribution in [2.75, 3.05) is 5.32 Å². The molecule has 1 aliphatic heterocycles. The molecule has 3 N–H and O–H groups in total. The van der Waals surface area contributed by atoms with Crippen molar-refractivity contribution in [2.45, 2.75) is 11.7 Å². The SMILES string of the molecule is NC1=NC(=O)C(CC(=O)Nc2cc([N+](=O)[O-])ccc2Cl)S1. The van der Waals surface area contributed by atoms with Crippen LogP contribution in [0.1, 0.15) is 6.42 Å². The molecule has 0 saturated carbocycles. The molecule has 10 heteroatoms. The summed E-state index contributed by atoms with van der Waals surface area (Å²) in [5, 5.41) is 12.7. The van der Waals surface area contributed by atoms with Crippen LogP contribution in [0.4, 0.5) is 11.4 Å². The molecule has 1 aromatic carbocycles. The molecule has 21 heavy (non-hydrogen) atoms. The minimum absolute atomic E-state index is 0.111.